The third-order valence-corrected chi connectivity index (χ3v) is 4.06. The predicted molar refractivity (Wildman–Crippen MR) is 95.6 cm³/mol. The molecule has 7 heteroatoms. The average molecular weight is 363 g/mol. The summed E-state index contributed by atoms with van der Waals surface area (Å²) >= 11 is 11.3. The van der Waals surface area contributed by atoms with Gasteiger partial charge in [-0.25, -0.2) is 4.39 Å². The van der Waals surface area contributed by atoms with Gasteiger partial charge in [-0.05, 0) is 42.6 Å². The third-order valence-electron chi connectivity index (χ3n) is 3.48. The van der Waals surface area contributed by atoms with Crippen molar-refractivity contribution in [2.45, 2.75) is 0 Å². The molecule has 2 aromatic carbocycles. The average Bonchev–Trinajstić information content (AvgIpc) is 2.83. The first-order chi connectivity index (χ1) is 11.5. The lowest BCUT2D eigenvalue weighted by molar-refractivity contribution is -0.113. The molecule has 0 atom stereocenters. The largest absolute Gasteiger partial charge is 0.495 e. The van der Waals surface area contributed by atoms with E-state index in [-0.39, 0.29) is 16.7 Å². The van der Waals surface area contributed by atoms with Gasteiger partial charge in [0.05, 0.1) is 17.8 Å². The van der Waals surface area contributed by atoms with Gasteiger partial charge in [-0.3, -0.25) is 9.69 Å². The monoisotopic (exact) mass is 362 g/mol. The van der Waals surface area contributed by atoms with Crippen molar-refractivity contribution < 1.29 is 13.9 Å². The van der Waals surface area contributed by atoms with Crippen molar-refractivity contribution in [3.63, 3.8) is 0 Å². The highest BCUT2D eigenvalue weighted by Crippen LogP contribution is 2.31. The van der Waals surface area contributed by atoms with Crippen LogP contribution in [0, 0.1) is 5.82 Å². The molecular formula is C17H12ClFN2O2S. The Balaban J connectivity index is 1.95. The summed E-state index contributed by atoms with van der Waals surface area (Å²) in [5.41, 5.74) is 0.989. The van der Waals surface area contributed by atoms with E-state index in [0.717, 1.165) is 0 Å². The quantitative estimate of drug-likeness (QED) is 0.667. The highest BCUT2D eigenvalue weighted by molar-refractivity contribution is 7.80. The van der Waals surface area contributed by atoms with Crippen LogP contribution in [-0.2, 0) is 4.79 Å². The van der Waals surface area contributed by atoms with E-state index in [9.17, 15) is 9.18 Å². The van der Waals surface area contributed by atoms with Crippen molar-refractivity contribution in [2.24, 2.45) is 0 Å². The number of carbonyl (C=O) groups is 1. The molecule has 0 spiro atoms. The summed E-state index contributed by atoms with van der Waals surface area (Å²) in [5.74, 6) is -0.311. The maximum Gasteiger partial charge on any atom is 0.281 e. The molecular weight excluding hydrogens is 351 g/mol. The molecule has 0 bridgehead atoms. The first-order valence-electron chi connectivity index (χ1n) is 6.96. The Hall–Kier alpha value is -2.44. The zero-order valence-corrected chi connectivity index (χ0v) is 14.1. The van der Waals surface area contributed by atoms with Crippen LogP contribution < -0.4 is 15.0 Å². The minimum absolute atomic E-state index is 0.192. The Labute approximate surface area is 148 Å². The number of amides is 1. The summed E-state index contributed by atoms with van der Waals surface area (Å²) in [4.78, 5) is 13.9. The van der Waals surface area contributed by atoms with Gasteiger partial charge >= 0.3 is 0 Å². The van der Waals surface area contributed by atoms with Crippen molar-refractivity contribution >= 4 is 46.6 Å². The van der Waals surface area contributed by atoms with Crippen molar-refractivity contribution in [3.8, 4) is 5.75 Å². The Morgan fingerprint density at radius 3 is 2.71 bits per heavy atom. The molecule has 1 amide bonds. The maximum atomic E-state index is 13.8. The SMILES string of the molecule is COc1ccc(N2C(=O)/C(=C/c3ccccc3F)NC2=S)cc1Cl. The predicted octanol–water partition coefficient (Wildman–Crippen LogP) is 3.75. The van der Waals surface area contributed by atoms with Crippen molar-refractivity contribution in [1.82, 2.24) is 5.32 Å². The Bertz CT molecular complexity index is 869. The standard InChI is InChI=1S/C17H12ClFN2O2S/c1-23-15-7-6-11(9-12(15)18)21-16(22)14(20-17(21)24)8-10-4-2-3-5-13(10)19/h2-9H,1H3,(H,20,24)/b14-8-. The number of carbonyl (C=O) groups excluding carboxylic acids is 1. The van der Waals surface area contributed by atoms with E-state index in [0.29, 0.717) is 22.0 Å². The van der Waals surface area contributed by atoms with Crippen LogP contribution >= 0.6 is 23.8 Å². The first-order valence-corrected chi connectivity index (χ1v) is 7.75. The topological polar surface area (TPSA) is 41.6 Å². The molecule has 1 aliphatic rings. The van der Waals surface area contributed by atoms with Crippen LogP contribution in [0.4, 0.5) is 10.1 Å². The lowest BCUT2D eigenvalue weighted by Crippen LogP contribution is -2.30. The van der Waals surface area contributed by atoms with Crippen LogP contribution in [0.25, 0.3) is 6.08 Å². The van der Waals surface area contributed by atoms with Gasteiger partial charge in [0.25, 0.3) is 5.91 Å². The van der Waals surface area contributed by atoms with E-state index in [2.05, 4.69) is 5.32 Å². The second kappa shape index (κ2) is 6.59. The van der Waals surface area contributed by atoms with E-state index < -0.39 is 5.82 Å². The van der Waals surface area contributed by atoms with Crippen molar-refractivity contribution in [2.75, 3.05) is 12.0 Å². The number of methoxy groups -OCH3 is 1. The van der Waals surface area contributed by atoms with Gasteiger partial charge < -0.3 is 10.1 Å². The number of thiocarbonyl (C=S) groups is 1. The number of nitrogens with one attached hydrogen (secondary N) is 1. The molecule has 1 saturated heterocycles. The fourth-order valence-electron chi connectivity index (χ4n) is 2.31. The summed E-state index contributed by atoms with van der Waals surface area (Å²) in [6, 6.07) is 11.1. The number of ether oxygens (including phenoxy) is 1. The van der Waals surface area contributed by atoms with Crippen LogP contribution in [0.5, 0.6) is 5.75 Å². The molecule has 0 unspecified atom stereocenters. The number of anilines is 1. The van der Waals surface area contributed by atoms with E-state index in [1.165, 1.54) is 24.2 Å². The van der Waals surface area contributed by atoms with E-state index in [1.807, 2.05) is 0 Å². The van der Waals surface area contributed by atoms with Gasteiger partial charge in [0, 0.05) is 5.56 Å². The van der Waals surface area contributed by atoms with E-state index >= 15 is 0 Å². The number of hydrogen-bond acceptors (Lipinski definition) is 3. The number of benzene rings is 2. The number of rotatable bonds is 3. The summed E-state index contributed by atoms with van der Waals surface area (Å²) in [6.45, 7) is 0. The highest BCUT2D eigenvalue weighted by Gasteiger charge is 2.32. The molecule has 0 aromatic heterocycles. The Morgan fingerprint density at radius 2 is 2.04 bits per heavy atom. The molecule has 0 radical (unpaired) electrons. The summed E-state index contributed by atoms with van der Waals surface area (Å²) in [6.07, 6.45) is 1.43. The number of nitrogens with zero attached hydrogens (tertiary/aromatic N) is 1. The maximum absolute atomic E-state index is 13.8. The van der Waals surface area contributed by atoms with Crippen LogP contribution in [0.3, 0.4) is 0 Å². The molecule has 24 heavy (non-hydrogen) atoms. The van der Waals surface area contributed by atoms with Gasteiger partial charge in [-0.2, -0.15) is 0 Å². The minimum atomic E-state index is -0.420. The molecule has 1 heterocycles. The molecule has 0 aliphatic carbocycles. The smallest absolute Gasteiger partial charge is 0.281 e. The summed E-state index contributed by atoms with van der Waals surface area (Å²) in [5, 5.41) is 3.36. The van der Waals surface area contributed by atoms with Crippen molar-refractivity contribution in [3.05, 3.63) is 64.6 Å². The zero-order valence-electron chi connectivity index (χ0n) is 12.5. The second-order valence-electron chi connectivity index (χ2n) is 4.97. The Morgan fingerprint density at radius 1 is 1.29 bits per heavy atom. The van der Waals surface area contributed by atoms with Crippen LogP contribution in [0.2, 0.25) is 5.02 Å². The van der Waals surface area contributed by atoms with Gasteiger partial charge in [0.15, 0.2) is 5.11 Å². The fraction of sp³-hybridized carbons (Fsp3) is 0.0588. The normalized spacial score (nSPS) is 15.8. The van der Waals surface area contributed by atoms with Gasteiger partial charge in [-0.15, -0.1) is 0 Å². The van der Waals surface area contributed by atoms with Gasteiger partial charge in [-0.1, -0.05) is 29.8 Å². The van der Waals surface area contributed by atoms with Gasteiger partial charge in [0.1, 0.15) is 17.3 Å². The third kappa shape index (κ3) is 2.98. The van der Waals surface area contributed by atoms with Crippen LogP contribution in [0.1, 0.15) is 5.56 Å². The molecule has 1 fully saturated rings. The summed E-state index contributed by atoms with van der Waals surface area (Å²) < 4.78 is 18.9. The van der Waals surface area contributed by atoms with E-state index in [4.69, 9.17) is 28.6 Å². The highest BCUT2D eigenvalue weighted by atomic mass is 35.5. The van der Waals surface area contributed by atoms with Crippen molar-refractivity contribution in [1.29, 1.82) is 0 Å². The Kier molecular flexibility index (Phi) is 4.51. The lowest BCUT2D eigenvalue weighted by Gasteiger charge is -2.15. The second-order valence-corrected chi connectivity index (χ2v) is 5.76. The first kappa shape index (κ1) is 16.4. The number of halogens is 2. The van der Waals surface area contributed by atoms with Crippen LogP contribution in [-0.4, -0.2) is 18.1 Å². The minimum Gasteiger partial charge on any atom is -0.495 e. The molecule has 1 aliphatic heterocycles. The van der Waals surface area contributed by atoms with Crippen LogP contribution in [0.15, 0.2) is 48.2 Å². The lowest BCUT2D eigenvalue weighted by atomic mass is 10.1. The molecule has 3 rings (SSSR count). The van der Waals surface area contributed by atoms with Gasteiger partial charge in [0.2, 0.25) is 0 Å². The molecule has 2 aromatic rings. The van der Waals surface area contributed by atoms with E-state index in [1.54, 1.807) is 36.4 Å². The zero-order chi connectivity index (χ0) is 17.3. The molecule has 0 saturated carbocycles. The number of hydrogen-bond donors (Lipinski definition) is 1. The summed E-state index contributed by atoms with van der Waals surface area (Å²) in [7, 11) is 1.50. The fourth-order valence-corrected chi connectivity index (χ4v) is 2.86. The molecule has 122 valence electrons. The molecule has 4 nitrogen and oxygen atoms in total. The molecule has 1 N–H and O–H groups in total.